The summed E-state index contributed by atoms with van der Waals surface area (Å²) in [7, 11) is 5.92. The summed E-state index contributed by atoms with van der Waals surface area (Å²) in [5.74, 6) is -2.15. The standard InChI is InChI=1S/C51H83NO8/c1-6-8-10-12-14-16-18-20-22-24-25-26-28-30-32-34-36-38-40-42-49(54)60-47(46-59-51(50(55)56)57-44-43-52(3,4)5)45-58-48(53)41-39-37-35-33-31-29-27-23-21-19-17-15-13-11-9-7-2/h8,10,14,16-17,19-20,22-23,25-27,30,32,36,38,47,51H,6-7,9,11-13,15,18,21,24,28-29,31,33-35,37,39-46H2,1-5H3/p+1/b10-8-,16-14-,19-17-,22-20-,26-25-,27-23-,32-30-,38-36-. The molecule has 1 N–H and O–H groups in total. The first-order chi connectivity index (χ1) is 29.1. The number of carbonyl (C=O) groups excluding carboxylic acids is 2. The van der Waals surface area contributed by atoms with E-state index in [4.69, 9.17) is 18.9 Å². The van der Waals surface area contributed by atoms with Crippen LogP contribution in [0.1, 0.15) is 149 Å². The molecule has 0 heterocycles. The molecule has 60 heavy (non-hydrogen) atoms. The van der Waals surface area contributed by atoms with Gasteiger partial charge in [0.15, 0.2) is 6.10 Å². The molecule has 340 valence electrons. The van der Waals surface area contributed by atoms with Gasteiger partial charge in [-0.1, -0.05) is 150 Å². The Bertz CT molecular complexity index is 1300. The van der Waals surface area contributed by atoms with Crippen molar-refractivity contribution in [2.24, 2.45) is 0 Å². The molecule has 0 rings (SSSR count). The number of unbranched alkanes of at least 4 members (excludes halogenated alkanes) is 9. The van der Waals surface area contributed by atoms with Gasteiger partial charge >= 0.3 is 17.9 Å². The number of likely N-dealkylation sites (N-methyl/N-ethyl adjacent to an activating group) is 1. The molecule has 0 saturated carbocycles. The third kappa shape index (κ3) is 42.3. The summed E-state index contributed by atoms with van der Waals surface area (Å²) < 4.78 is 22.6. The molecule has 0 fully saturated rings. The molecule has 0 aromatic carbocycles. The van der Waals surface area contributed by atoms with Crippen LogP contribution in [0.4, 0.5) is 0 Å². The fourth-order valence-corrected chi connectivity index (χ4v) is 5.54. The van der Waals surface area contributed by atoms with Gasteiger partial charge in [0.1, 0.15) is 13.2 Å². The number of allylic oxidation sites excluding steroid dienone is 16. The molecule has 0 saturated heterocycles. The van der Waals surface area contributed by atoms with Crippen LogP contribution in [0, 0.1) is 0 Å². The van der Waals surface area contributed by atoms with E-state index in [0.717, 1.165) is 77.0 Å². The number of aliphatic carboxylic acids is 1. The number of rotatable bonds is 40. The van der Waals surface area contributed by atoms with E-state index < -0.39 is 24.3 Å². The van der Waals surface area contributed by atoms with E-state index in [1.165, 1.54) is 32.1 Å². The Morgan fingerprint density at radius 1 is 0.517 bits per heavy atom. The van der Waals surface area contributed by atoms with Crippen LogP contribution in [-0.2, 0) is 33.3 Å². The molecule has 2 unspecified atom stereocenters. The number of esters is 2. The number of nitrogens with zero attached hydrogens (tertiary/aromatic N) is 1. The van der Waals surface area contributed by atoms with Crippen LogP contribution in [-0.4, -0.2) is 87.4 Å². The second-order valence-corrected chi connectivity index (χ2v) is 16.0. The molecule has 0 bridgehead atoms. The van der Waals surface area contributed by atoms with Gasteiger partial charge in [-0.2, -0.15) is 0 Å². The number of carbonyl (C=O) groups is 3. The molecule has 2 atom stereocenters. The van der Waals surface area contributed by atoms with E-state index in [1.807, 2.05) is 33.3 Å². The van der Waals surface area contributed by atoms with Crippen molar-refractivity contribution in [3.05, 3.63) is 97.2 Å². The molecular formula is C51H84NO8+. The number of carboxylic acid groups (broad SMARTS) is 1. The maximum Gasteiger partial charge on any atom is 0.361 e. The van der Waals surface area contributed by atoms with Gasteiger partial charge in [0.2, 0.25) is 0 Å². The van der Waals surface area contributed by atoms with Crippen LogP contribution in [0.25, 0.3) is 0 Å². The van der Waals surface area contributed by atoms with Crippen molar-refractivity contribution in [3.8, 4) is 0 Å². The molecular weight excluding hydrogens is 755 g/mol. The zero-order chi connectivity index (χ0) is 44.2. The number of carboxylic acids is 1. The van der Waals surface area contributed by atoms with E-state index in [9.17, 15) is 19.5 Å². The predicted octanol–water partition coefficient (Wildman–Crippen LogP) is 12.3. The van der Waals surface area contributed by atoms with Crippen molar-refractivity contribution in [2.75, 3.05) is 47.5 Å². The summed E-state index contributed by atoms with van der Waals surface area (Å²) in [5, 5.41) is 9.64. The lowest BCUT2D eigenvalue weighted by Crippen LogP contribution is -2.40. The van der Waals surface area contributed by atoms with Gasteiger partial charge in [0.25, 0.3) is 6.29 Å². The summed E-state index contributed by atoms with van der Waals surface area (Å²) in [6.07, 6.45) is 51.9. The van der Waals surface area contributed by atoms with E-state index in [1.54, 1.807) is 0 Å². The van der Waals surface area contributed by atoms with Crippen LogP contribution >= 0.6 is 0 Å². The smallest absolute Gasteiger partial charge is 0.361 e. The van der Waals surface area contributed by atoms with E-state index >= 15 is 0 Å². The minimum Gasteiger partial charge on any atom is -0.477 e. The molecule has 0 aromatic heterocycles. The second-order valence-electron chi connectivity index (χ2n) is 16.0. The lowest BCUT2D eigenvalue weighted by Gasteiger charge is -2.25. The van der Waals surface area contributed by atoms with Gasteiger partial charge in [0.05, 0.1) is 34.4 Å². The highest BCUT2D eigenvalue weighted by Crippen LogP contribution is 2.11. The van der Waals surface area contributed by atoms with E-state index in [-0.39, 0.29) is 38.6 Å². The third-order valence-corrected chi connectivity index (χ3v) is 9.09. The third-order valence-electron chi connectivity index (χ3n) is 9.09. The fourth-order valence-electron chi connectivity index (χ4n) is 5.54. The summed E-state index contributed by atoms with van der Waals surface area (Å²) in [4.78, 5) is 37.1. The topological polar surface area (TPSA) is 108 Å². The SMILES string of the molecule is CC/C=C\C/C=C\C/C=C\C/C=C\C/C=C\C/C=C\CCC(=O)OC(COC(=O)CCCCCCC/C=C\C/C=C\CCCCCC)COC(OCC[N+](C)(C)C)C(=O)O. The largest absolute Gasteiger partial charge is 0.477 e. The van der Waals surface area contributed by atoms with Gasteiger partial charge < -0.3 is 28.5 Å². The first kappa shape index (κ1) is 56.2. The monoisotopic (exact) mass is 839 g/mol. The van der Waals surface area contributed by atoms with Crippen LogP contribution < -0.4 is 0 Å². The first-order valence-electron chi connectivity index (χ1n) is 22.9. The molecule has 0 aliphatic heterocycles. The van der Waals surface area contributed by atoms with Gasteiger partial charge in [-0.3, -0.25) is 9.59 Å². The summed E-state index contributed by atoms with van der Waals surface area (Å²) in [6.45, 7) is 4.60. The molecule has 9 nitrogen and oxygen atoms in total. The summed E-state index contributed by atoms with van der Waals surface area (Å²) >= 11 is 0. The highest BCUT2D eigenvalue weighted by molar-refractivity contribution is 5.71. The fraction of sp³-hybridized carbons (Fsp3) is 0.627. The van der Waals surface area contributed by atoms with Crippen molar-refractivity contribution < 1.29 is 42.9 Å². The van der Waals surface area contributed by atoms with Crippen LogP contribution in [0.3, 0.4) is 0 Å². The molecule has 0 aliphatic carbocycles. The first-order valence-corrected chi connectivity index (χ1v) is 22.9. The minimum absolute atomic E-state index is 0.126. The van der Waals surface area contributed by atoms with Crippen LogP contribution in [0.5, 0.6) is 0 Å². The van der Waals surface area contributed by atoms with E-state index in [0.29, 0.717) is 23.9 Å². The summed E-state index contributed by atoms with van der Waals surface area (Å²) in [5.41, 5.74) is 0. The lowest BCUT2D eigenvalue weighted by atomic mass is 10.1. The van der Waals surface area contributed by atoms with Crippen molar-refractivity contribution in [2.45, 2.75) is 161 Å². The van der Waals surface area contributed by atoms with Crippen molar-refractivity contribution >= 4 is 17.9 Å². The van der Waals surface area contributed by atoms with Crippen molar-refractivity contribution in [1.29, 1.82) is 0 Å². The van der Waals surface area contributed by atoms with Crippen molar-refractivity contribution in [1.82, 2.24) is 0 Å². The Labute approximate surface area is 365 Å². The highest BCUT2D eigenvalue weighted by atomic mass is 16.7. The Morgan fingerprint density at radius 2 is 0.983 bits per heavy atom. The van der Waals surface area contributed by atoms with Gasteiger partial charge in [-0.05, 0) is 83.5 Å². The van der Waals surface area contributed by atoms with Gasteiger partial charge in [-0.15, -0.1) is 0 Å². The second kappa shape index (κ2) is 41.9. The summed E-state index contributed by atoms with van der Waals surface area (Å²) in [6, 6.07) is 0. The number of ether oxygens (including phenoxy) is 4. The zero-order valence-electron chi connectivity index (χ0n) is 38.3. The average molecular weight is 839 g/mol. The Morgan fingerprint density at radius 3 is 1.48 bits per heavy atom. The average Bonchev–Trinajstić information content (AvgIpc) is 3.21. The maximum atomic E-state index is 12.7. The van der Waals surface area contributed by atoms with E-state index in [2.05, 4.69) is 98.9 Å². The molecule has 0 amide bonds. The normalized spacial score (nSPS) is 13.8. The van der Waals surface area contributed by atoms with Gasteiger partial charge in [-0.25, -0.2) is 4.79 Å². The van der Waals surface area contributed by atoms with Crippen LogP contribution in [0.2, 0.25) is 0 Å². The maximum absolute atomic E-state index is 12.7. The molecule has 9 heteroatoms. The quantitative estimate of drug-likeness (QED) is 0.0214. The molecule has 0 aliphatic rings. The highest BCUT2D eigenvalue weighted by Gasteiger charge is 2.25. The Balaban J connectivity index is 4.61. The number of quaternary nitrogens is 1. The van der Waals surface area contributed by atoms with Crippen molar-refractivity contribution in [3.63, 3.8) is 0 Å². The minimum atomic E-state index is -1.54. The van der Waals surface area contributed by atoms with Crippen LogP contribution in [0.15, 0.2) is 97.2 Å². The van der Waals surface area contributed by atoms with Gasteiger partial charge in [0, 0.05) is 12.8 Å². The number of hydrogen-bond donors (Lipinski definition) is 1. The molecule has 0 spiro atoms. The Kier molecular flexibility index (Phi) is 39.3. The number of hydrogen-bond acceptors (Lipinski definition) is 7. The zero-order valence-corrected chi connectivity index (χ0v) is 38.3. The molecule has 0 aromatic rings. The molecule has 0 radical (unpaired) electrons. The Hall–Kier alpha value is -3.79. The lowest BCUT2D eigenvalue weighted by molar-refractivity contribution is -0.870. The predicted molar refractivity (Wildman–Crippen MR) is 248 cm³/mol.